The predicted octanol–water partition coefficient (Wildman–Crippen LogP) is 5.12. The molecule has 1 N–H and O–H groups in total. The van der Waals surface area contributed by atoms with Crippen LogP contribution in [0.2, 0.25) is 10.0 Å². The molecular formula is C19H17Cl2N3O3S. The summed E-state index contributed by atoms with van der Waals surface area (Å²) in [5, 5.41) is 5.57. The van der Waals surface area contributed by atoms with Gasteiger partial charge in [0.05, 0.1) is 15.7 Å². The van der Waals surface area contributed by atoms with Gasteiger partial charge in [0.25, 0.3) is 5.91 Å². The molecule has 0 atom stereocenters. The van der Waals surface area contributed by atoms with Crippen molar-refractivity contribution < 1.29 is 14.0 Å². The summed E-state index contributed by atoms with van der Waals surface area (Å²) >= 11 is 13.4. The number of furan rings is 1. The Hall–Kier alpha value is -2.35. The first-order chi connectivity index (χ1) is 13.4. The minimum absolute atomic E-state index is 0.149. The SMILES string of the molecule is CCN(CC(=O)Nc1c(Cl)cccc1Cl)C(=O)c1csc(-c2ccc(C)o2)n1. The number of benzene rings is 1. The van der Waals surface area contributed by atoms with Gasteiger partial charge in [0.15, 0.2) is 10.8 Å². The molecule has 2 aromatic heterocycles. The molecule has 0 aliphatic rings. The molecule has 0 aliphatic carbocycles. The Morgan fingerprint density at radius 2 is 1.93 bits per heavy atom. The smallest absolute Gasteiger partial charge is 0.273 e. The van der Waals surface area contributed by atoms with E-state index in [0.29, 0.717) is 33.0 Å². The highest BCUT2D eigenvalue weighted by molar-refractivity contribution is 7.13. The number of amides is 2. The monoisotopic (exact) mass is 437 g/mol. The van der Waals surface area contributed by atoms with Crippen LogP contribution in [-0.2, 0) is 4.79 Å². The summed E-state index contributed by atoms with van der Waals surface area (Å²) in [5.74, 6) is 0.634. The Morgan fingerprint density at radius 3 is 2.54 bits per heavy atom. The van der Waals surface area contributed by atoms with Gasteiger partial charge in [-0.2, -0.15) is 0 Å². The Bertz CT molecular complexity index is 995. The van der Waals surface area contributed by atoms with Crippen molar-refractivity contribution in [1.82, 2.24) is 9.88 Å². The van der Waals surface area contributed by atoms with Gasteiger partial charge in [0.2, 0.25) is 5.91 Å². The third-order valence-corrected chi connectivity index (χ3v) is 5.39. The van der Waals surface area contributed by atoms with E-state index >= 15 is 0 Å². The molecule has 6 nitrogen and oxygen atoms in total. The maximum Gasteiger partial charge on any atom is 0.273 e. The van der Waals surface area contributed by atoms with E-state index in [-0.39, 0.29) is 18.1 Å². The number of likely N-dealkylation sites (N-methyl/N-ethyl adjacent to an activating group) is 1. The fourth-order valence-corrected chi connectivity index (χ4v) is 3.74. The lowest BCUT2D eigenvalue weighted by Gasteiger charge is -2.19. The van der Waals surface area contributed by atoms with Crippen molar-refractivity contribution in [3.63, 3.8) is 0 Å². The van der Waals surface area contributed by atoms with Crippen LogP contribution < -0.4 is 5.32 Å². The van der Waals surface area contributed by atoms with Gasteiger partial charge in [0, 0.05) is 11.9 Å². The van der Waals surface area contributed by atoms with Crippen molar-refractivity contribution in [1.29, 1.82) is 0 Å². The highest BCUT2D eigenvalue weighted by atomic mass is 35.5. The maximum absolute atomic E-state index is 12.8. The first kappa shape index (κ1) is 20.4. The molecule has 28 heavy (non-hydrogen) atoms. The lowest BCUT2D eigenvalue weighted by Crippen LogP contribution is -2.38. The highest BCUT2D eigenvalue weighted by Crippen LogP contribution is 2.30. The number of rotatable bonds is 6. The van der Waals surface area contributed by atoms with Gasteiger partial charge in [-0.25, -0.2) is 4.98 Å². The summed E-state index contributed by atoms with van der Waals surface area (Å²) in [7, 11) is 0. The molecule has 2 amide bonds. The number of carbonyl (C=O) groups is 2. The zero-order valence-corrected chi connectivity index (χ0v) is 17.5. The Kier molecular flexibility index (Phi) is 6.39. The van der Waals surface area contributed by atoms with E-state index < -0.39 is 5.91 Å². The van der Waals surface area contributed by atoms with Crippen molar-refractivity contribution in [2.45, 2.75) is 13.8 Å². The van der Waals surface area contributed by atoms with Crippen LogP contribution in [0.15, 0.2) is 40.1 Å². The zero-order valence-electron chi connectivity index (χ0n) is 15.2. The van der Waals surface area contributed by atoms with Gasteiger partial charge in [0.1, 0.15) is 18.0 Å². The fraction of sp³-hybridized carbons (Fsp3) is 0.211. The van der Waals surface area contributed by atoms with E-state index in [1.165, 1.54) is 16.2 Å². The van der Waals surface area contributed by atoms with Crippen molar-refractivity contribution in [2.24, 2.45) is 0 Å². The van der Waals surface area contributed by atoms with Crippen LogP contribution in [0, 0.1) is 6.92 Å². The molecule has 0 fully saturated rings. The lowest BCUT2D eigenvalue weighted by atomic mass is 10.3. The molecule has 146 valence electrons. The number of thiazole rings is 1. The molecule has 9 heteroatoms. The number of aromatic nitrogens is 1. The number of hydrogen-bond donors (Lipinski definition) is 1. The number of hydrogen-bond acceptors (Lipinski definition) is 5. The standard InChI is InChI=1S/C19H17Cl2N3O3S/c1-3-24(9-16(25)23-17-12(20)5-4-6-13(17)21)19(26)14-10-28-18(22-14)15-8-7-11(2)27-15/h4-8,10H,3,9H2,1-2H3,(H,23,25). The molecule has 0 saturated heterocycles. The molecule has 0 aliphatic heterocycles. The third kappa shape index (κ3) is 4.55. The summed E-state index contributed by atoms with van der Waals surface area (Å²) in [6, 6.07) is 8.57. The number of carbonyl (C=O) groups excluding carboxylic acids is 2. The molecule has 0 bridgehead atoms. The Labute approximate surface area is 176 Å². The summed E-state index contributed by atoms with van der Waals surface area (Å²) in [5.41, 5.74) is 0.586. The summed E-state index contributed by atoms with van der Waals surface area (Å²) in [4.78, 5) is 30.9. The van der Waals surface area contributed by atoms with Crippen LogP contribution in [0.4, 0.5) is 5.69 Å². The van der Waals surface area contributed by atoms with Gasteiger partial charge in [-0.15, -0.1) is 11.3 Å². The Balaban J connectivity index is 1.70. The van der Waals surface area contributed by atoms with E-state index in [0.717, 1.165) is 5.76 Å². The minimum atomic E-state index is -0.401. The van der Waals surface area contributed by atoms with E-state index in [1.807, 2.05) is 13.0 Å². The van der Waals surface area contributed by atoms with Gasteiger partial charge < -0.3 is 14.6 Å². The molecule has 0 radical (unpaired) electrons. The van der Waals surface area contributed by atoms with Crippen LogP contribution in [-0.4, -0.2) is 34.8 Å². The quantitative estimate of drug-likeness (QED) is 0.580. The number of anilines is 1. The molecule has 1 aromatic carbocycles. The summed E-state index contributed by atoms with van der Waals surface area (Å²) in [6.07, 6.45) is 0. The fourth-order valence-electron chi connectivity index (χ4n) is 2.49. The van der Waals surface area contributed by atoms with Crippen LogP contribution >= 0.6 is 34.5 Å². The van der Waals surface area contributed by atoms with Crippen LogP contribution in [0.3, 0.4) is 0 Å². The first-order valence-corrected chi connectivity index (χ1v) is 10.1. The van der Waals surface area contributed by atoms with Crippen molar-refractivity contribution >= 4 is 52.0 Å². The normalized spacial score (nSPS) is 10.7. The van der Waals surface area contributed by atoms with Gasteiger partial charge in [-0.1, -0.05) is 29.3 Å². The number of halogens is 2. The van der Waals surface area contributed by atoms with Gasteiger partial charge >= 0.3 is 0 Å². The first-order valence-electron chi connectivity index (χ1n) is 8.44. The summed E-state index contributed by atoms with van der Waals surface area (Å²) < 4.78 is 5.54. The number of nitrogens with zero attached hydrogens (tertiary/aromatic N) is 2. The topological polar surface area (TPSA) is 75.4 Å². The van der Waals surface area contributed by atoms with Gasteiger partial charge in [-0.3, -0.25) is 9.59 Å². The van der Waals surface area contributed by atoms with Crippen molar-refractivity contribution in [3.8, 4) is 10.8 Å². The highest BCUT2D eigenvalue weighted by Gasteiger charge is 2.22. The molecule has 0 saturated carbocycles. The average molecular weight is 438 g/mol. The van der Waals surface area contributed by atoms with Gasteiger partial charge in [-0.05, 0) is 38.1 Å². The van der Waals surface area contributed by atoms with Crippen LogP contribution in [0.25, 0.3) is 10.8 Å². The predicted molar refractivity (Wildman–Crippen MR) is 111 cm³/mol. The molecular weight excluding hydrogens is 421 g/mol. The van der Waals surface area contributed by atoms with E-state index in [4.69, 9.17) is 27.6 Å². The van der Waals surface area contributed by atoms with Crippen LogP contribution in [0.5, 0.6) is 0 Å². The molecule has 3 aromatic rings. The van der Waals surface area contributed by atoms with E-state index in [9.17, 15) is 9.59 Å². The molecule has 0 spiro atoms. The number of nitrogens with one attached hydrogen (secondary N) is 1. The average Bonchev–Trinajstić information content (AvgIpc) is 3.31. The second kappa shape index (κ2) is 8.77. The van der Waals surface area contributed by atoms with Crippen LogP contribution in [0.1, 0.15) is 23.2 Å². The second-order valence-electron chi connectivity index (χ2n) is 5.91. The zero-order chi connectivity index (χ0) is 20.3. The van der Waals surface area contributed by atoms with E-state index in [2.05, 4.69) is 10.3 Å². The lowest BCUT2D eigenvalue weighted by molar-refractivity contribution is -0.116. The van der Waals surface area contributed by atoms with Crippen molar-refractivity contribution in [2.75, 3.05) is 18.4 Å². The molecule has 2 heterocycles. The number of para-hydroxylation sites is 1. The minimum Gasteiger partial charge on any atom is -0.459 e. The van der Waals surface area contributed by atoms with E-state index in [1.54, 1.807) is 36.6 Å². The maximum atomic E-state index is 12.8. The Morgan fingerprint density at radius 1 is 1.21 bits per heavy atom. The molecule has 0 unspecified atom stereocenters. The number of aryl methyl sites for hydroxylation is 1. The molecule has 3 rings (SSSR count). The summed E-state index contributed by atoms with van der Waals surface area (Å²) in [6.45, 7) is 3.82. The third-order valence-electron chi connectivity index (χ3n) is 3.91. The second-order valence-corrected chi connectivity index (χ2v) is 7.58. The largest absolute Gasteiger partial charge is 0.459 e. The van der Waals surface area contributed by atoms with Crippen molar-refractivity contribution in [3.05, 3.63) is 57.2 Å².